The molecule has 19 N–H and O–H groups in total. The van der Waals surface area contributed by atoms with Gasteiger partial charge in [-0.25, -0.2) is 4.79 Å². The third-order valence-corrected chi connectivity index (χ3v) is 12.7. The zero-order valence-corrected chi connectivity index (χ0v) is 45.6. The standard InChI is InChI=1S/C52H80N12O15/c1-8-27(5)41(62-47(74)37(23-31-14-18-33(67)19-15-31)59-44(71)34(53)22-30-12-16-32(66)17-13-30)49(76)61-38(24-40(69)70)48(75)64-43(29(7)65)50(77)60-36(21-26(3)4)45(72)57-25-39(68)58-35(11-10-20-56-52(54)55)46(73)63-42(51(78)79)28(6)9-2/h12-19,26-29,34-38,41-43,65-67H,8-11,20-25,53H2,1-7H3,(H,57,72)(H,58,68)(H,59,71)(H,60,77)(H,61,76)(H,62,74)(H,63,73)(H,64,75)(H,69,70)(H,78,79)(H4,54,55,56)/t27-,28-,29+,34-,35-,36-,37-,38-,41-,42-,43-/m0/s1. The second-order valence-electron chi connectivity index (χ2n) is 19.9. The molecule has 0 fully saturated rings. The molecule has 0 saturated heterocycles. The van der Waals surface area contributed by atoms with Crippen molar-refractivity contribution in [1.82, 2.24) is 42.5 Å². The number of benzene rings is 2. The van der Waals surface area contributed by atoms with Gasteiger partial charge in [-0.1, -0.05) is 78.6 Å². The first-order valence-corrected chi connectivity index (χ1v) is 26.0. The maximum Gasteiger partial charge on any atom is 0.326 e. The predicted octanol–water partition coefficient (Wildman–Crippen LogP) is -2.15. The van der Waals surface area contributed by atoms with Crippen LogP contribution in [0.1, 0.15) is 98.1 Å². The van der Waals surface area contributed by atoms with Crippen LogP contribution in [0, 0.1) is 17.8 Å². The fourth-order valence-corrected chi connectivity index (χ4v) is 7.80. The van der Waals surface area contributed by atoms with E-state index in [2.05, 4.69) is 47.5 Å². The highest BCUT2D eigenvalue weighted by Crippen LogP contribution is 2.16. The maximum absolute atomic E-state index is 14.1. The number of phenolic OH excluding ortho intramolecular Hbond substituents is 2. The highest BCUT2D eigenvalue weighted by molar-refractivity contribution is 5.98. The Morgan fingerprint density at radius 1 is 0.557 bits per heavy atom. The number of aliphatic carboxylic acids is 2. The number of aromatic hydroxyl groups is 2. The Labute approximate surface area is 458 Å². The van der Waals surface area contributed by atoms with Gasteiger partial charge in [0, 0.05) is 13.0 Å². The molecule has 27 heteroatoms. The number of aliphatic hydroxyl groups excluding tert-OH is 1. The number of aliphatic hydroxyl groups is 1. The molecular weight excluding hydrogens is 1030 g/mol. The van der Waals surface area contributed by atoms with Crippen molar-refractivity contribution in [3.63, 3.8) is 0 Å². The zero-order valence-electron chi connectivity index (χ0n) is 45.6. The van der Waals surface area contributed by atoms with Crippen LogP contribution in [0.5, 0.6) is 11.5 Å². The summed E-state index contributed by atoms with van der Waals surface area (Å²) in [6, 6.07) is -0.0776. The minimum atomic E-state index is -1.93. The Morgan fingerprint density at radius 2 is 1.03 bits per heavy atom. The topological polar surface area (TPSA) is 459 Å². The normalized spacial score (nSPS) is 15.3. The van der Waals surface area contributed by atoms with Gasteiger partial charge < -0.3 is 85.3 Å². The first kappa shape index (κ1) is 67.0. The summed E-state index contributed by atoms with van der Waals surface area (Å²) >= 11 is 0. The zero-order chi connectivity index (χ0) is 59.7. The first-order valence-electron chi connectivity index (χ1n) is 26.0. The van der Waals surface area contributed by atoms with E-state index < -0.39 is 138 Å². The van der Waals surface area contributed by atoms with E-state index in [4.69, 9.17) is 17.2 Å². The molecule has 0 aromatic heterocycles. The van der Waals surface area contributed by atoms with Crippen LogP contribution in [0.15, 0.2) is 53.5 Å². The Bertz CT molecular complexity index is 2420. The van der Waals surface area contributed by atoms with Gasteiger partial charge in [-0.15, -0.1) is 0 Å². The van der Waals surface area contributed by atoms with Gasteiger partial charge >= 0.3 is 11.9 Å². The summed E-state index contributed by atoms with van der Waals surface area (Å²) in [7, 11) is 0. The van der Waals surface area contributed by atoms with E-state index in [9.17, 15) is 73.5 Å². The summed E-state index contributed by atoms with van der Waals surface area (Å²) in [5, 5.41) is 69.4. The van der Waals surface area contributed by atoms with Crippen LogP contribution in [-0.4, -0.2) is 158 Å². The third-order valence-electron chi connectivity index (χ3n) is 12.7. The molecule has 27 nitrogen and oxygen atoms in total. The van der Waals surface area contributed by atoms with Crippen molar-refractivity contribution in [1.29, 1.82) is 0 Å². The van der Waals surface area contributed by atoms with Crippen molar-refractivity contribution >= 4 is 65.2 Å². The molecule has 2 aromatic carbocycles. The van der Waals surface area contributed by atoms with Crippen LogP contribution in [0.3, 0.4) is 0 Å². The number of aliphatic imine (C=N–C) groups is 1. The van der Waals surface area contributed by atoms with Crippen LogP contribution in [0.2, 0.25) is 0 Å². The average Bonchev–Trinajstić information content (AvgIpc) is 3.38. The summed E-state index contributed by atoms with van der Waals surface area (Å²) in [5.41, 5.74) is 18.1. The second-order valence-corrected chi connectivity index (χ2v) is 19.9. The van der Waals surface area contributed by atoms with Crippen LogP contribution >= 0.6 is 0 Å². The van der Waals surface area contributed by atoms with Gasteiger partial charge in [0.05, 0.1) is 25.1 Å². The Balaban J connectivity index is 2.31. The lowest BCUT2D eigenvalue weighted by molar-refractivity contribution is -0.144. The molecule has 0 aliphatic rings. The summed E-state index contributed by atoms with van der Waals surface area (Å²) in [4.78, 5) is 137. The number of amides is 8. The van der Waals surface area contributed by atoms with Crippen molar-refractivity contribution in [2.75, 3.05) is 13.1 Å². The van der Waals surface area contributed by atoms with Gasteiger partial charge in [-0.05, 0) is 85.8 Å². The Morgan fingerprint density at radius 3 is 1.53 bits per heavy atom. The molecule has 0 bridgehead atoms. The van der Waals surface area contributed by atoms with Gasteiger partial charge in [0.15, 0.2) is 5.96 Å². The van der Waals surface area contributed by atoms with E-state index in [1.165, 1.54) is 36.4 Å². The monoisotopic (exact) mass is 1110 g/mol. The Hall–Kier alpha value is -8.07. The number of phenols is 2. The largest absolute Gasteiger partial charge is 0.508 e. The van der Waals surface area contributed by atoms with E-state index >= 15 is 0 Å². The average molecular weight is 1110 g/mol. The minimum absolute atomic E-state index is 0.00321. The third kappa shape index (κ3) is 24.0. The smallest absolute Gasteiger partial charge is 0.326 e. The van der Waals surface area contributed by atoms with Crippen LogP contribution in [0.25, 0.3) is 0 Å². The maximum atomic E-state index is 14.1. The molecule has 0 radical (unpaired) electrons. The summed E-state index contributed by atoms with van der Waals surface area (Å²) in [6.45, 7) is 10.5. The van der Waals surface area contributed by atoms with Crippen molar-refractivity contribution in [2.45, 2.75) is 154 Å². The minimum Gasteiger partial charge on any atom is -0.508 e. The van der Waals surface area contributed by atoms with Crippen LogP contribution in [0.4, 0.5) is 0 Å². The van der Waals surface area contributed by atoms with E-state index in [-0.39, 0.29) is 68.4 Å². The van der Waals surface area contributed by atoms with E-state index in [1.54, 1.807) is 53.7 Å². The SMILES string of the molecule is CC[C@H](C)[C@H](NC(=O)[C@H](CCCN=C(N)N)NC(=O)CNC(=O)[C@H](CC(C)C)NC(=O)[C@@H](NC(=O)[C@H](CC(=O)O)NC(=O)[C@@H](NC(=O)[C@H](Cc1ccc(O)cc1)NC(=O)[C@@H](N)Cc1ccc(O)cc1)[C@@H](C)CC)[C@@H](C)O)C(=O)O. The second kappa shape index (κ2) is 33.3. The summed E-state index contributed by atoms with van der Waals surface area (Å²) < 4.78 is 0. The molecule has 2 rings (SSSR count). The van der Waals surface area contributed by atoms with Crippen LogP contribution < -0.4 is 59.7 Å². The van der Waals surface area contributed by atoms with Gasteiger partial charge in [0.1, 0.15) is 53.8 Å². The number of hydrogen-bond acceptors (Lipinski definition) is 15. The molecule has 0 aliphatic heterocycles. The molecular formula is C52H80N12O15. The molecule has 11 atom stereocenters. The lowest BCUT2D eigenvalue weighted by Crippen LogP contribution is -2.62. The van der Waals surface area contributed by atoms with Gasteiger partial charge in [-0.3, -0.25) is 48.1 Å². The quantitative estimate of drug-likeness (QED) is 0.0202. The lowest BCUT2D eigenvalue weighted by Gasteiger charge is -2.29. The predicted molar refractivity (Wildman–Crippen MR) is 288 cm³/mol. The molecule has 8 amide bonds. The fourth-order valence-electron chi connectivity index (χ4n) is 7.80. The number of nitrogens with two attached hydrogens (primary N) is 3. The molecule has 2 aromatic rings. The van der Waals surface area contributed by atoms with E-state index in [0.717, 1.165) is 6.92 Å². The van der Waals surface area contributed by atoms with Crippen molar-refractivity contribution in [3.05, 3.63) is 59.7 Å². The number of carbonyl (C=O) groups excluding carboxylic acids is 8. The van der Waals surface area contributed by atoms with Gasteiger partial charge in [-0.2, -0.15) is 0 Å². The molecule has 0 unspecified atom stereocenters. The highest BCUT2D eigenvalue weighted by Gasteiger charge is 2.37. The molecule has 0 aliphatic carbocycles. The molecule has 0 heterocycles. The molecule has 0 spiro atoms. The number of carbonyl (C=O) groups is 10. The van der Waals surface area contributed by atoms with Crippen molar-refractivity contribution in [3.8, 4) is 11.5 Å². The fraction of sp³-hybridized carbons (Fsp3) is 0.558. The first-order chi connectivity index (χ1) is 37.1. The number of carboxylic acids is 2. The number of guanidine groups is 1. The number of rotatable bonds is 34. The molecule has 79 heavy (non-hydrogen) atoms. The summed E-state index contributed by atoms with van der Waals surface area (Å²) in [5.74, 6) is -12.2. The van der Waals surface area contributed by atoms with Crippen molar-refractivity contribution < 1.29 is 73.5 Å². The van der Waals surface area contributed by atoms with Gasteiger partial charge in [0.2, 0.25) is 47.3 Å². The van der Waals surface area contributed by atoms with Gasteiger partial charge in [0.25, 0.3) is 0 Å². The Kier molecular flexibility index (Phi) is 28.2. The highest BCUT2D eigenvalue weighted by atomic mass is 16.4. The molecule has 0 saturated carbocycles. The van der Waals surface area contributed by atoms with E-state index in [1.807, 2.05) is 0 Å². The number of hydrogen-bond donors (Lipinski definition) is 16. The van der Waals surface area contributed by atoms with E-state index in [0.29, 0.717) is 17.5 Å². The lowest BCUT2D eigenvalue weighted by atomic mass is 9.96. The van der Waals surface area contributed by atoms with Crippen molar-refractivity contribution in [2.24, 2.45) is 39.9 Å². The van der Waals surface area contributed by atoms with Crippen LogP contribution in [-0.2, 0) is 60.8 Å². The number of nitrogens with zero attached hydrogens (tertiary/aromatic N) is 1. The summed E-state index contributed by atoms with van der Waals surface area (Å²) in [6.07, 6.45) is -2.12. The number of nitrogens with one attached hydrogen (secondary N) is 8. The molecule has 438 valence electrons. The number of carboxylic acid groups (broad SMARTS) is 2.